The SMILES string of the molecule is NC[C@H](N)c1cccnc1F. The summed E-state index contributed by atoms with van der Waals surface area (Å²) in [6, 6.07) is 2.76. The van der Waals surface area contributed by atoms with Gasteiger partial charge in [0.2, 0.25) is 5.95 Å². The van der Waals surface area contributed by atoms with Crippen molar-refractivity contribution in [3.8, 4) is 0 Å². The molecule has 1 aromatic rings. The smallest absolute Gasteiger partial charge is 0.217 e. The number of rotatable bonds is 2. The monoisotopic (exact) mass is 155 g/mol. The number of halogens is 1. The van der Waals surface area contributed by atoms with E-state index in [-0.39, 0.29) is 6.54 Å². The van der Waals surface area contributed by atoms with Crippen molar-refractivity contribution in [3.63, 3.8) is 0 Å². The molecule has 1 heterocycles. The lowest BCUT2D eigenvalue weighted by Crippen LogP contribution is -2.22. The summed E-state index contributed by atoms with van der Waals surface area (Å²) in [5.41, 5.74) is 11.1. The minimum Gasteiger partial charge on any atom is -0.329 e. The topological polar surface area (TPSA) is 64.9 Å². The third-order valence-corrected chi connectivity index (χ3v) is 1.44. The van der Waals surface area contributed by atoms with Gasteiger partial charge in [0, 0.05) is 24.3 Å². The maximum Gasteiger partial charge on any atom is 0.217 e. The van der Waals surface area contributed by atoms with Crippen molar-refractivity contribution in [2.45, 2.75) is 6.04 Å². The molecule has 0 spiro atoms. The molecule has 0 aromatic carbocycles. The van der Waals surface area contributed by atoms with Gasteiger partial charge >= 0.3 is 0 Å². The predicted octanol–water partition coefficient (Wildman–Crippen LogP) is 0.179. The fraction of sp³-hybridized carbons (Fsp3) is 0.286. The largest absolute Gasteiger partial charge is 0.329 e. The van der Waals surface area contributed by atoms with Crippen LogP contribution in [-0.4, -0.2) is 11.5 Å². The van der Waals surface area contributed by atoms with Gasteiger partial charge in [0.05, 0.1) is 0 Å². The van der Waals surface area contributed by atoms with Crippen LogP contribution in [-0.2, 0) is 0 Å². The molecule has 0 unspecified atom stereocenters. The van der Waals surface area contributed by atoms with Gasteiger partial charge in [-0.25, -0.2) is 4.98 Å². The zero-order valence-electron chi connectivity index (χ0n) is 6.00. The number of hydrogen-bond acceptors (Lipinski definition) is 3. The minimum absolute atomic E-state index is 0.225. The molecule has 0 aliphatic carbocycles. The molecule has 1 rings (SSSR count). The highest BCUT2D eigenvalue weighted by Crippen LogP contribution is 2.10. The first-order valence-corrected chi connectivity index (χ1v) is 3.31. The summed E-state index contributed by atoms with van der Waals surface area (Å²) in [5, 5.41) is 0. The average Bonchev–Trinajstić information content (AvgIpc) is 2.04. The van der Waals surface area contributed by atoms with Gasteiger partial charge in [-0.05, 0) is 6.07 Å². The van der Waals surface area contributed by atoms with Crippen LogP contribution in [0.1, 0.15) is 11.6 Å². The van der Waals surface area contributed by atoms with E-state index in [9.17, 15) is 4.39 Å². The van der Waals surface area contributed by atoms with E-state index in [2.05, 4.69) is 4.98 Å². The van der Waals surface area contributed by atoms with E-state index in [1.165, 1.54) is 6.20 Å². The summed E-state index contributed by atoms with van der Waals surface area (Å²) in [5.74, 6) is -0.537. The van der Waals surface area contributed by atoms with Crippen LogP contribution in [0.3, 0.4) is 0 Å². The van der Waals surface area contributed by atoms with E-state index >= 15 is 0 Å². The van der Waals surface area contributed by atoms with Gasteiger partial charge in [-0.1, -0.05) is 6.07 Å². The van der Waals surface area contributed by atoms with Gasteiger partial charge in [-0.3, -0.25) is 0 Å². The summed E-state index contributed by atoms with van der Waals surface area (Å²) in [7, 11) is 0. The first kappa shape index (κ1) is 8.10. The summed E-state index contributed by atoms with van der Waals surface area (Å²) >= 11 is 0. The molecule has 0 amide bonds. The van der Waals surface area contributed by atoms with Gasteiger partial charge in [0.1, 0.15) is 0 Å². The van der Waals surface area contributed by atoms with E-state index in [0.717, 1.165) is 0 Å². The summed E-state index contributed by atoms with van der Waals surface area (Å²) in [6.45, 7) is 0.225. The molecule has 0 saturated heterocycles. The zero-order valence-corrected chi connectivity index (χ0v) is 6.00. The Morgan fingerprint density at radius 2 is 2.36 bits per heavy atom. The minimum atomic E-state index is -0.537. The number of pyridine rings is 1. The van der Waals surface area contributed by atoms with E-state index in [0.29, 0.717) is 5.56 Å². The summed E-state index contributed by atoms with van der Waals surface area (Å²) < 4.78 is 12.8. The van der Waals surface area contributed by atoms with Gasteiger partial charge in [-0.15, -0.1) is 0 Å². The Morgan fingerprint density at radius 3 is 2.91 bits per heavy atom. The van der Waals surface area contributed by atoms with Crippen LogP contribution in [0.25, 0.3) is 0 Å². The molecule has 1 atom stereocenters. The highest BCUT2D eigenvalue weighted by Gasteiger charge is 2.08. The molecule has 0 aliphatic rings. The number of nitrogens with zero attached hydrogens (tertiary/aromatic N) is 1. The maximum atomic E-state index is 12.8. The van der Waals surface area contributed by atoms with Gasteiger partial charge in [0.15, 0.2) is 0 Å². The standard InChI is InChI=1S/C7H10FN3/c8-7-5(6(10)4-9)2-1-3-11-7/h1-3,6H,4,9-10H2/t6-/m0/s1. The third kappa shape index (κ3) is 1.72. The number of aromatic nitrogens is 1. The Balaban J connectivity index is 2.93. The summed E-state index contributed by atoms with van der Waals surface area (Å²) in [6.07, 6.45) is 1.38. The molecular weight excluding hydrogens is 145 g/mol. The zero-order chi connectivity index (χ0) is 8.27. The second-order valence-electron chi connectivity index (χ2n) is 2.23. The quantitative estimate of drug-likeness (QED) is 0.599. The highest BCUT2D eigenvalue weighted by molar-refractivity contribution is 5.15. The molecular formula is C7H10FN3. The van der Waals surface area contributed by atoms with Crippen LogP contribution in [0.4, 0.5) is 4.39 Å². The van der Waals surface area contributed by atoms with Crippen molar-refractivity contribution < 1.29 is 4.39 Å². The van der Waals surface area contributed by atoms with Crippen molar-refractivity contribution in [1.29, 1.82) is 0 Å². The van der Waals surface area contributed by atoms with Gasteiger partial charge < -0.3 is 11.5 Å². The molecule has 11 heavy (non-hydrogen) atoms. The Hall–Kier alpha value is -1.00. The first-order chi connectivity index (χ1) is 5.25. The Kier molecular flexibility index (Phi) is 2.51. The fourth-order valence-electron chi connectivity index (χ4n) is 0.802. The van der Waals surface area contributed by atoms with Crippen LogP contribution < -0.4 is 11.5 Å². The molecule has 4 N–H and O–H groups in total. The van der Waals surface area contributed by atoms with E-state index in [1.807, 2.05) is 0 Å². The van der Waals surface area contributed by atoms with Crippen LogP contribution in [0.5, 0.6) is 0 Å². The van der Waals surface area contributed by atoms with Crippen molar-refractivity contribution in [2.75, 3.05) is 6.54 Å². The molecule has 0 aliphatic heterocycles. The van der Waals surface area contributed by atoms with Gasteiger partial charge in [0.25, 0.3) is 0 Å². The molecule has 0 saturated carbocycles. The van der Waals surface area contributed by atoms with E-state index in [4.69, 9.17) is 11.5 Å². The normalized spacial score (nSPS) is 13.0. The van der Waals surface area contributed by atoms with Crippen LogP contribution in [0, 0.1) is 5.95 Å². The second-order valence-corrected chi connectivity index (χ2v) is 2.23. The van der Waals surface area contributed by atoms with Crippen molar-refractivity contribution in [2.24, 2.45) is 11.5 Å². The van der Waals surface area contributed by atoms with E-state index < -0.39 is 12.0 Å². The molecule has 1 aromatic heterocycles. The third-order valence-electron chi connectivity index (χ3n) is 1.44. The highest BCUT2D eigenvalue weighted by atomic mass is 19.1. The van der Waals surface area contributed by atoms with Crippen LogP contribution in [0.15, 0.2) is 18.3 Å². The first-order valence-electron chi connectivity index (χ1n) is 3.31. The van der Waals surface area contributed by atoms with Crippen molar-refractivity contribution in [1.82, 2.24) is 4.98 Å². The molecule has 0 fully saturated rings. The molecule has 0 bridgehead atoms. The predicted molar refractivity (Wildman–Crippen MR) is 40.2 cm³/mol. The lowest BCUT2D eigenvalue weighted by Gasteiger charge is -2.07. The van der Waals surface area contributed by atoms with Crippen molar-refractivity contribution >= 4 is 0 Å². The van der Waals surface area contributed by atoms with Gasteiger partial charge in [-0.2, -0.15) is 4.39 Å². The van der Waals surface area contributed by atoms with Crippen LogP contribution >= 0.6 is 0 Å². The molecule has 4 heteroatoms. The number of hydrogen-bond donors (Lipinski definition) is 2. The van der Waals surface area contributed by atoms with Crippen LogP contribution in [0.2, 0.25) is 0 Å². The molecule has 60 valence electrons. The summed E-state index contributed by atoms with van der Waals surface area (Å²) in [4.78, 5) is 3.45. The number of nitrogens with two attached hydrogens (primary N) is 2. The van der Waals surface area contributed by atoms with Crippen molar-refractivity contribution in [3.05, 3.63) is 29.8 Å². The average molecular weight is 155 g/mol. The lowest BCUT2D eigenvalue weighted by atomic mass is 10.1. The molecule has 3 nitrogen and oxygen atoms in total. The lowest BCUT2D eigenvalue weighted by molar-refractivity contribution is 0.546. The molecule has 0 radical (unpaired) electrons. The fourth-order valence-corrected chi connectivity index (χ4v) is 0.802. The second kappa shape index (κ2) is 3.41. The Morgan fingerprint density at radius 1 is 1.64 bits per heavy atom. The Bertz CT molecular complexity index is 239. The maximum absolute atomic E-state index is 12.8. The van der Waals surface area contributed by atoms with E-state index in [1.54, 1.807) is 12.1 Å². The Labute approximate surface area is 64.2 Å².